The molecule has 2 amide bonds. The van der Waals surface area contributed by atoms with Gasteiger partial charge in [0.1, 0.15) is 11.6 Å². The number of carbonyl (C=O) groups excluding carboxylic acids is 2. The Morgan fingerprint density at radius 2 is 1.03 bits per heavy atom. The standard InChI is InChI=1S/2C25H30FN3O3/c2*1-3-7-16-10-11-21-22-18(14-29(21)25(16)32)19(15-30)23(28(22)12-4-2)24(31)27-13-17-8-5-6-9-20(17)26/h2*3,5-11,18-19,22-23,30H,4,12-15H2,1-2H3,(H,27,31)/b7-3+;7-3-/t2*18-,19-,22+,23-/m11/s1. The molecule has 2 aromatic heterocycles. The number of halogens is 2. The summed E-state index contributed by atoms with van der Waals surface area (Å²) in [5.41, 5.74) is 3.84. The average molecular weight is 879 g/mol. The lowest BCUT2D eigenvalue weighted by molar-refractivity contribution is -0.128. The summed E-state index contributed by atoms with van der Waals surface area (Å²) in [4.78, 5) is 56.7. The molecule has 0 spiro atoms. The van der Waals surface area contributed by atoms with Crippen LogP contribution in [-0.2, 0) is 35.8 Å². The highest BCUT2D eigenvalue weighted by Gasteiger charge is 2.56. The first-order valence-corrected chi connectivity index (χ1v) is 22.5. The summed E-state index contributed by atoms with van der Waals surface area (Å²) in [7, 11) is 0. The van der Waals surface area contributed by atoms with E-state index in [0.29, 0.717) is 48.4 Å². The Bertz CT molecular complexity index is 2330. The van der Waals surface area contributed by atoms with E-state index in [4.69, 9.17) is 0 Å². The first-order chi connectivity index (χ1) is 31.0. The summed E-state index contributed by atoms with van der Waals surface area (Å²) in [5.74, 6) is -1.83. The minimum atomic E-state index is -0.527. The molecule has 8 atom stereocenters. The zero-order valence-corrected chi connectivity index (χ0v) is 37.0. The lowest BCUT2D eigenvalue weighted by Gasteiger charge is -2.30. The van der Waals surface area contributed by atoms with Gasteiger partial charge in [-0.05, 0) is 76.2 Å². The molecule has 4 aromatic rings. The molecular weight excluding hydrogens is 819 g/mol. The van der Waals surface area contributed by atoms with Gasteiger partial charge in [0.15, 0.2) is 0 Å². The van der Waals surface area contributed by atoms with E-state index in [9.17, 15) is 38.2 Å². The van der Waals surface area contributed by atoms with Gasteiger partial charge in [0.25, 0.3) is 11.1 Å². The maximum atomic E-state index is 14.0. The number of nitrogens with one attached hydrogen (secondary N) is 2. The van der Waals surface area contributed by atoms with Gasteiger partial charge in [-0.15, -0.1) is 0 Å². The fourth-order valence-corrected chi connectivity index (χ4v) is 10.8. The Labute approximate surface area is 372 Å². The number of hydrogen-bond donors (Lipinski definition) is 4. The number of aromatic nitrogens is 2. The average Bonchev–Trinajstić information content (AvgIpc) is 4.03. The van der Waals surface area contributed by atoms with Crippen LogP contribution < -0.4 is 21.8 Å². The molecule has 12 nitrogen and oxygen atoms in total. The number of aliphatic hydroxyl groups is 2. The normalized spacial score (nSPS) is 24.6. The Balaban J connectivity index is 0.000000191. The van der Waals surface area contributed by atoms with E-state index >= 15 is 0 Å². The van der Waals surface area contributed by atoms with Gasteiger partial charge in [-0.1, -0.05) is 74.5 Å². The molecule has 14 heteroatoms. The molecule has 2 fully saturated rings. The topological polar surface area (TPSA) is 149 Å². The second-order valence-corrected chi connectivity index (χ2v) is 17.2. The molecule has 6 heterocycles. The molecule has 2 saturated heterocycles. The van der Waals surface area contributed by atoms with Crippen LogP contribution in [0.5, 0.6) is 0 Å². The van der Waals surface area contributed by atoms with Crippen molar-refractivity contribution in [3.63, 3.8) is 0 Å². The number of allylic oxidation sites excluding steroid dienone is 2. The van der Waals surface area contributed by atoms with E-state index in [1.54, 1.807) is 57.7 Å². The highest BCUT2D eigenvalue weighted by molar-refractivity contribution is 5.83. The van der Waals surface area contributed by atoms with E-state index in [1.165, 1.54) is 12.1 Å². The van der Waals surface area contributed by atoms with Crippen LogP contribution in [-0.4, -0.2) is 79.3 Å². The summed E-state index contributed by atoms with van der Waals surface area (Å²) in [6, 6.07) is 19.1. The number of nitrogens with zero attached hydrogens (tertiary/aromatic N) is 4. The van der Waals surface area contributed by atoms with Crippen LogP contribution in [0.4, 0.5) is 8.78 Å². The third-order valence-corrected chi connectivity index (χ3v) is 13.5. The zero-order chi connectivity index (χ0) is 45.7. The Morgan fingerprint density at radius 3 is 1.38 bits per heavy atom. The Morgan fingerprint density at radius 1 is 0.641 bits per heavy atom. The first-order valence-electron chi connectivity index (χ1n) is 22.5. The third-order valence-electron chi connectivity index (χ3n) is 13.5. The van der Waals surface area contributed by atoms with Gasteiger partial charge in [-0.2, -0.15) is 0 Å². The van der Waals surface area contributed by atoms with E-state index in [1.807, 2.05) is 64.1 Å². The molecule has 8 rings (SSSR count). The number of pyridine rings is 2. The Kier molecular flexibility index (Phi) is 14.9. The molecular formula is C50H60F2N6O6. The van der Waals surface area contributed by atoms with Crippen LogP contribution in [0.1, 0.15) is 86.3 Å². The van der Waals surface area contributed by atoms with Crippen LogP contribution >= 0.6 is 0 Å². The van der Waals surface area contributed by atoms with Gasteiger partial charge in [-0.25, -0.2) is 8.78 Å². The largest absolute Gasteiger partial charge is 0.396 e. The molecule has 4 N–H and O–H groups in total. The minimum absolute atomic E-state index is 0.0377. The maximum Gasteiger partial charge on any atom is 0.258 e. The summed E-state index contributed by atoms with van der Waals surface area (Å²) in [5, 5.41) is 26.3. The van der Waals surface area contributed by atoms with E-state index in [2.05, 4.69) is 20.4 Å². The molecule has 4 aliphatic rings. The van der Waals surface area contributed by atoms with Crippen molar-refractivity contribution in [2.24, 2.45) is 23.7 Å². The predicted octanol–water partition coefficient (Wildman–Crippen LogP) is 5.42. The number of amides is 2. The van der Waals surface area contributed by atoms with Gasteiger partial charge < -0.3 is 30.0 Å². The van der Waals surface area contributed by atoms with Gasteiger partial charge in [-0.3, -0.25) is 29.0 Å². The zero-order valence-electron chi connectivity index (χ0n) is 37.0. The van der Waals surface area contributed by atoms with E-state index in [0.717, 1.165) is 24.2 Å². The molecule has 0 bridgehead atoms. The SMILES string of the molecule is C/C=C/c1ccc2n(c1=O)C[C@@H]1[C@@H](CO)[C@H](C(=O)NCc3ccccc3F)N(CCC)[C@H]21.C/C=C\c1ccc2n(c1=O)C[C@@H]1[C@@H](CO)[C@H](C(=O)NCc3ccccc3F)N(CCC)[C@H]21. The quantitative estimate of drug-likeness (QED) is 0.131. The second-order valence-electron chi connectivity index (χ2n) is 17.2. The van der Waals surface area contributed by atoms with E-state index < -0.39 is 12.1 Å². The van der Waals surface area contributed by atoms with Crippen molar-refractivity contribution >= 4 is 24.0 Å². The predicted molar refractivity (Wildman–Crippen MR) is 242 cm³/mol. The summed E-state index contributed by atoms with van der Waals surface area (Å²) < 4.78 is 31.6. The van der Waals surface area contributed by atoms with Crippen molar-refractivity contribution in [3.05, 3.63) is 151 Å². The molecule has 0 saturated carbocycles. The molecule has 0 radical (unpaired) electrons. The number of rotatable bonds is 14. The van der Waals surface area contributed by atoms with Crippen molar-refractivity contribution < 1.29 is 28.6 Å². The first kappa shape index (κ1) is 46.5. The number of benzene rings is 2. The van der Waals surface area contributed by atoms with Gasteiger partial charge in [0, 0.05) is 96.7 Å². The van der Waals surface area contributed by atoms with Crippen LogP contribution in [0.25, 0.3) is 12.2 Å². The lowest BCUT2D eigenvalue weighted by Crippen LogP contribution is -2.48. The number of carbonyl (C=O) groups is 2. The number of hydrogen-bond acceptors (Lipinski definition) is 8. The van der Waals surface area contributed by atoms with Gasteiger partial charge >= 0.3 is 0 Å². The number of likely N-dealkylation sites (tertiary alicyclic amines) is 2. The number of aliphatic hydroxyl groups excluding tert-OH is 2. The summed E-state index contributed by atoms with van der Waals surface area (Å²) in [6.45, 7) is 10.0. The lowest BCUT2D eigenvalue weighted by atomic mass is 9.88. The highest BCUT2D eigenvalue weighted by Crippen LogP contribution is 2.50. The van der Waals surface area contributed by atoms with Crippen molar-refractivity contribution in [2.45, 2.75) is 90.9 Å². The van der Waals surface area contributed by atoms with Crippen molar-refractivity contribution in [2.75, 3.05) is 26.3 Å². The summed E-state index contributed by atoms with van der Waals surface area (Å²) >= 11 is 0. The fourth-order valence-electron chi connectivity index (χ4n) is 10.8. The smallest absolute Gasteiger partial charge is 0.258 e. The maximum absolute atomic E-state index is 14.0. The third kappa shape index (κ3) is 8.80. The molecule has 4 aliphatic heterocycles. The molecule has 0 aliphatic carbocycles. The monoisotopic (exact) mass is 878 g/mol. The van der Waals surface area contributed by atoms with Crippen LogP contribution in [0.15, 0.2) is 94.5 Å². The van der Waals surface area contributed by atoms with Crippen LogP contribution in [0.3, 0.4) is 0 Å². The van der Waals surface area contributed by atoms with Gasteiger partial charge in [0.05, 0.1) is 24.2 Å². The minimum Gasteiger partial charge on any atom is -0.396 e. The van der Waals surface area contributed by atoms with E-state index in [-0.39, 0.29) is 96.6 Å². The second kappa shape index (κ2) is 20.5. The summed E-state index contributed by atoms with van der Waals surface area (Å²) in [6.07, 6.45) is 8.95. The van der Waals surface area contributed by atoms with Crippen molar-refractivity contribution in [3.8, 4) is 0 Å². The highest BCUT2D eigenvalue weighted by atomic mass is 19.1. The number of fused-ring (bicyclic) bond motifs is 6. The van der Waals surface area contributed by atoms with Crippen molar-refractivity contribution in [1.82, 2.24) is 29.6 Å². The Hall–Kier alpha value is -5.54. The fraction of sp³-hybridized carbons (Fsp3) is 0.440. The van der Waals surface area contributed by atoms with Gasteiger partial charge in [0.2, 0.25) is 11.8 Å². The van der Waals surface area contributed by atoms with Crippen molar-refractivity contribution in [1.29, 1.82) is 0 Å². The van der Waals surface area contributed by atoms with Crippen LogP contribution in [0.2, 0.25) is 0 Å². The molecule has 0 unspecified atom stereocenters. The van der Waals surface area contributed by atoms with Crippen LogP contribution in [0, 0.1) is 35.3 Å². The molecule has 64 heavy (non-hydrogen) atoms. The molecule has 2 aromatic carbocycles. The molecule has 340 valence electrons.